The zero-order valence-corrected chi connectivity index (χ0v) is 8.47. The third kappa shape index (κ3) is 2.43. The molecule has 0 saturated carbocycles. The molecular formula is C10H16N2O2. The van der Waals surface area contributed by atoms with Crippen molar-refractivity contribution >= 4 is 0 Å². The number of aliphatic hydroxyl groups is 1. The van der Waals surface area contributed by atoms with E-state index in [0.717, 1.165) is 5.56 Å². The molecule has 0 radical (unpaired) electrons. The van der Waals surface area contributed by atoms with Gasteiger partial charge in [0.25, 0.3) is 0 Å². The predicted octanol–water partition coefficient (Wildman–Crippen LogP) is 0.718. The first-order chi connectivity index (χ1) is 6.69. The zero-order valence-electron chi connectivity index (χ0n) is 8.47. The van der Waals surface area contributed by atoms with Crippen LogP contribution in [0.25, 0.3) is 0 Å². The number of nitrogens with zero attached hydrogens (tertiary/aromatic N) is 1. The predicted molar refractivity (Wildman–Crippen MR) is 54.0 cm³/mol. The number of aliphatic hydroxyl groups excluding tert-OH is 1. The SMILES string of the molecule is COc1ccc(C(O)C(C)CN)cn1. The largest absolute Gasteiger partial charge is 0.481 e. The lowest BCUT2D eigenvalue weighted by atomic mass is 9.99. The normalized spacial score (nSPS) is 14.9. The summed E-state index contributed by atoms with van der Waals surface area (Å²) in [4.78, 5) is 4.01. The molecule has 2 atom stereocenters. The lowest BCUT2D eigenvalue weighted by Gasteiger charge is -2.16. The second kappa shape index (κ2) is 4.93. The quantitative estimate of drug-likeness (QED) is 0.744. The Balaban J connectivity index is 2.75. The standard InChI is InChI=1S/C10H16N2O2/c1-7(5-11)10(13)8-3-4-9(14-2)12-6-8/h3-4,6-7,10,13H,5,11H2,1-2H3. The van der Waals surface area contributed by atoms with Crippen molar-refractivity contribution in [2.24, 2.45) is 11.7 Å². The summed E-state index contributed by atoms with van der Waals surface area (Å²) in [5.74, 6) is 0.576. The summed E-state index contributed by atoms with van der Waals surface area (Å²) in [7, 11) is 1.56. The Morgan fingerprint density at radius 1 is 1.57 bits per heavy atom. The smallest absolute Gasteiger partial charge is 0.212 e. The maximum absolute atomic E-state index is 9.79. The molecule has 14 heavy (non-hydrogen) atoms. The van der Waals surface area contributed by atoms with E-state index in [1.54, 1.807) is 25.4 Å². The van der Waals surface area contributed by atoms with Crippen LogP contribution in [0.2, 0.25) is 0 Å². The van der Waals surface area contributed by atoms with Crippen LogP contribution in [0.3, 0.4) is 0 Å². The highest BCUT2D eigenvalue weighted by Crippen LogP contribution is 2.21. The third-order valence-electron chi connectivity index (χ3n) is 2.22. The van der Waals surface area contributed by atoms with E-state index in [0.29, 0.717) is 12.4 Å². The van der Waals surface area contributed by atoms with Crippen LogP contribution in [0.5, 0.6) is 5.88 Å². The van der Waals surface area contributed by atoms with Crippen LogP contribution in [-0.4, -0.2) is 23.7 Å². The third-order valence-corrected chi connectivity index (χ3v) is 2.22. The van der Waals surface area contributed by atoms with Crippen molar-refractivity contribution in [2.45, 2.75) is 13.0 Å². The maximum atomic E-state index is 9.79. The van der Waals surface area contributed by atoms with Crippen molar-refractivity contribution in [1.29, 1.82) is 0 Å². The molecule has 4 nitrogen and oxygen atoms in total. The van der Waals surface area contributed by atoms with Crippen LogP contribution in [0.15, 0.2) is 18.3 Å². The van der Waals surface area contributed by atoms with Crippen molar-refractivity contribution in [3.05, 3.63) is 23.9 Å². The van der Waals surface area contributed by atoms with Gasteiger partial charge in [0.05, 0.1) is 13.2 Å². The van der Waals surface area contributed by atoms with Crippen LogP contribution in [-0.2, 0) is 0 Å². The Morgan fingerprint density at radius 2 is 2.29 bits per heavy atom. The zero-order chi connectivity index (χ0) is 10.6. The molecule has 1 heterocycles. The minimum atomic E-state index is -0.557. The Hall–Kier alpha value is -1.13. The van der Waals surface area contributed by atoms with E-state index in [-0.39, 0.29) is 5.92 Å². The van der Waals surface area contributed by atoms with Gasteiger partial charge in [0.2, 0.25) is 5.88 Å². The number of nitrogens with two attached hydrogens (primary N) is 1. The maximum Gasteiger partial charge on any atom is 0.212 e. The highest BCUT2D eigenvalue weighted by molar-refractivity contribution is 5.20. The summed E-state index contributed by atoms with van der Waals surface area (Å²) >= 11 is 0. The van der Waals surface area contributed by atoms with Gasteiger partial charge in [-0.1, -0.05) is 6.92 Å². The van der Waals surface area contributed by atoms with Gasteiger partial charge >= 0.3 is 0 Å². The van der Waals surface area contributed by atoms with Gasteiger partial charge in [-0.3, -0.25) is 0 Å². The Kier molecular flexibility index (Phi) is 3.85. The fourth-order valence-electron chi connectivity index (χ4n) is 1.14. The van der Waals surface area contributed by atoms with Crippen LogP contribution >= 0.6 is 0 Å². The monoisotopic (exact) mass is 196 g/mol. The first-order valence-electron chi connectivity index (χ1n) is 4.57. The second-order valence-electron chi connectivity index (χ2n) is 3.29. The molecule has 4 heteroatoms. The number of pyridine rings is 1. The van der Waals surface area contributed by atoms with Gasteiger partial charge in [0, 0.05) is 12.3 Å². The Morgan fingerprint density at radius 3 is 2.71 bits per heavy atom. The molecule has 0 spiro atoms. The van der Waals surface area contributed by atoms with E-state index in [1.807, 2.05) is 6.92 Å². The number of hydrogen-bond donors (Lipinski definition) is 2. The van der Waals surface area contributed by atoms with E-state index >= 15 is 0 Å². The van der Waals surface area contributed by atoms with Gasteiger partial charge in [0.15, 0.2) is 0 Å². The van der Waals surface area contributed by atoms with Gasteiger partial charge in [0.1, 0.15) is 0 Å². The number of methoxy groups -OCH3 is 1. The van der Waals surface area contributed by atoms with E-state index in [9.17, 15) is 5.11 Å². The molecule has 0 aliphatic carbocycles. The molecule has 0 aliphatic heterocycles. The van der Waals surface area contributed by atoms with Crippen LogP contribution in [0.1, 0.15) is 18.6 Å². The van der Waals surface area contributed by atoms with Gasteiger partial charge < -0.3 is 15.6 Å². The fourth-order valence-corrected chi connectivity index (χ4v) is 1.14. The molecule has 0 saturated heterocycles. The van der Waals surface area contributed by atoms with Crippen molar-refractivity contribution in [1.82, 2.24) is 4.98 Å². The topological polar surface area (TPSA) is 68.4 Å². The Labute approximate surface area is 83.7 Å². The van der Waals surface area contributed by atoms with Gasteiger partial charge in [-0.05, 0) is 24.1 Å². The highest BCUT2D eigenvalue weighted by atomic mass is 16.5. The van der Waals surface area contributed by atoms with Crippen molar-refractivity contribution in [3.63, 3.8) is 0 Å². The molecule has 0 fully saturated rings. The average Bonchev–Trinajstić information content (AvgIpc) is 2.27. The van der Waals surface area contributed by atoms with Crippen molar-refractivity contribution in [3.8, 4) is 5.88 Å². The first-order valence-corrected chi connectivity index (χ1v) is 4.57. The van der Waals surface area contributed by atoms with Crippen LogP contribution < -0.4 is 10.5 Å². The second-order valence-corrected chi connectivity index (χ2v) is 3.29. The molecular weight excluding hydrogens is 180 g/mol. The number of aromatic nitrogens is 1. The van der Waals surface area contributed by atoms with Crippen LogP contribution in [0.4, 0.5) is 0 Å². The van der Waals surface area contributed by atoms with Crippen LogP contribution in [0, 0.1) is 5.92 Å². The lowest BCUT2D eigenvalue weighted by Crippen LogP contribution is -2.18. The van der Waals surface area contributed by atoms with E-state index in [2.05, 4.69) is 4.98 Å². The van der Waals surface area contributed by atoms with Gasteiger partial charge in [-0.2, -0.15) is 0 Å². The molecule has 0 amide bonds. The van der Waals surface area contributed by atoms with Crippen molar-refractivity contribution < 1.29 is 9.84 Å². The number of ether oxygens (including phenoxy) is 1. The lowest BCUT2D eigenvalue weighted by molar-refractivity contribution is 0.121. The highest BCUT2D eigenvalue weighted by Gasteiger charge is 2.14. The fraction of sp³-hybridized carbons (Fsp3) is 0.500. The molecule has 1 aromatic rings. The minimum absolute atomic E-state index is 0.0326. The minimum Gasteiger partial charge on any atom is -0.481 e. The van der Waals surface area contributed by atoms with E-state index in [1.165, 1.54) is 0 Å². The molecule has 1 rings (SSSR count). The summed E-state index contributed by atoms with van der Waals surface area (Å²) in [6, 6.07) is 3.52. The average molecular weight is 196 g/mol. The summed E-state index contributed by atoms with van der Waals surface area (Å²) < 4.78 is 4.92. The molecule has 78 valence electrons. The molecule has 0 aromatic carbocycles. The van der Waals surface area contributed by atoms with Gasteiger partial charge in [-0.15, -0.1) is 0 Å². The molecule has 0 aliphatic rings. The van der Waals surface area contributed by atoms with E-state index in [4.69, 9.17) is 10.5 Å². The Bertz CT molecular complexity index is 274. The summed E-state index contributed by atoms with van der Waals surface area (Å²) in [6.45, 7) is 2.35. The summed E-state index contributed by atoms with van der Waals surface area (Å²) in [6.07, 6.45) is 1.05. The molecule has 1 aromatic heterocycles. The summed E-state index contributed by atoms with van der Waals surface area (Å²) in [5.41, 5.74) is 6.23. The summed E-state index contributed by atoms with van der Waals surface area (Å²) in [5, 5.41) is 9.79. The molecule has 0 bridgehead atoms. The molecule has 2 unspecified atom stereocenters. The van der Waals surface area contributed by atoms with E-state index < -0.39 is 6.10 Å². The number of hydrogen-bond acceptors (Lipinski definition) is 4. The molecule has 3 N–H and O–H groups in total. The number of rotatable bonds is 4. The van der Waals surface area contributed by atoms with Gasteiger partial charge in [-0.25, -0.2) is 4.98 Å². The first kappa shape index (κ1) is 10.9. The van der Waals surface area contributed by atoms with Crippen molar-refractivity contribution in [2.75, 3.05) is 13.7 Å².